The average Bonchev–Trinajstić information content (AvgIpc) is 3.37. The fourth-order valence-electron chi connectivity index (χ4n) is 5.83. The first-order chi connectivity index (χ1) is 17.0. The van der Waals surface area contributed by atoms with Crippen LogP contribution in [0, 0.1) is 0 Å². The van der Waals surface area contributed by atoms with Gasteiger partial charge in [0, 0.05) is 44.4 Å². The summed E-state index contributed by atoms with van der Waals surface area (Å²) >= 11 is 6.57. The molecule has 2 aromatic carbocycles. The number of carbonyl (C=O) groups excluding carboxylic acids is 2. The highest BCUT2D eigenvalue weighted by Gasteiger charge is 2.59. The number of rotatable bonds is 7. The van der Waals surface area contributed by atoms with E-state index in [0.29, 0.717) is 45.6 Å². The molecule has 2 saturated heterocycles. The predicted octanol–water partition coefficient (Wildman–Crippen LogP) is 4.18. The fraction of sp³-hybridized carbons (Fsp3) is 0.429. The molecule has 35 heavy (non-hydrogen) atoms. The molecule has 6 nitrogen and oxygen atoms in total. The highest BCUT2D eigenvalue weighted by molar-refractivity contribution is 6.31. The van der Waals surface area contributed by atoms with Crippen molar-refractivity contribution < 1.29 is 14.3 Å². The van der Waals surface area contributed by atoms with Gasteiger partial charge in [0.2, 0.25) is 0 Å². The van der Waals surface area contributed by atoms with E-state index in [4.69, 9.17) is 16.3 Å². The number of carbonyl (C=O) groups is 2. The number of hydrogen-bond donors (Lipinski definition) is 0. The van der Waals surface area contributed by atoms with E-state index in [1.54, 1.807) is 16.9 Å². The summed E-state index contributed by atoms with van der Waals surface area (Å²) in [6.07, 6.45) is 4.65. The highest BCUT2D eigenvalue weighted by atomic mass is 35.5. The molecule has 2 aliphatic heterocycles. The van der Waals surface area contributed by atoms with Crippen LogP contribution in [0.25, 0.3) is 6.08 Å². The number of fused-ring (bicyclic) bond motifs is 1. The molecule has 0 atom stereocenters. The quantitative estimate of drug-likeness (QED) is 0.543. The molecule has 2 aromatic rings. The zero-order chi connectivity index (χ0) is 24.4. The van der Waals surface area contributed by atoms with E-state index in [9.17, 15) is 9.59 Å². The predicted molar refractivity (Wildman–Crippen MR) is 137 cm³/mol. The van der Waals surface area contributed by atoms with Gasteiger partial charge in [-0.05, 0) is 48.4 Å². The summed E-state index contributed by atoms with van der Waals surface area (Å²) in [6.45, 7) is 2.88. The summed E-state index contributed by atoms with van der Waals surface area (Å²) in [6, 6.07) is 18.0. The maximum Gasteiger partial charge on any atom is 0.328 e. The van der Waals surface area contributed by atoms with E-state index in [2.05, 4.69) is 17.0 Å². The first kappa shape index (κ1) is 24.0. The topological polar surface area (TPSA) is 53.1 Å². The minimum absolute atomic E-state index is 0.0398. The van der Waals surface area contributed by atoms with Gasteiger partial charge in [-0.3, -0.25) is 14.6 Å². The molecule has 0 radical (unpaired) electrons. The lowest BCUT2D eigenvalue weighted by Gasteiger charge is -2.42. The van der Waals surface area contributed by atoms with Crippen molar-refractivity contribution in [2.75, 3.05) is 39.9 Å². The zero-order valence-corrected chi connectivity index (χ0v) is 20.9. The van der Waals surface area contributed by atoms with Crippen molar-refractivity contribution in [2.45, 2.75) is 37.3 Å². The van der Waals surface area contributed by atoms with Crippen LogP contribution in [0.4, 0.5) is 4.79 Å². The molecule has 0 N–H and O–H groups in total. The van der Waals surface area contributed by atoms with Crippen molar-refractivity contribution in [2.24, 2.45) is 0 Å². The maximum atomic E-state index is 13.9. The second-order valence-electron chi connectivity index (χ2n) is 9.74. The van der Waals surface area contributed by atoms with Crippen molar-refractivity contribution >= 4 is 29.6 Å². The third-order valence-electron chi connectivity index (χ3n) is 7.66. The van der Waals surface area contributed by atoms with E-state index < -0.39 is 5.54 Å². The summed E-state index contributed by atoms with van der Waals surface area (Å²) in [7, 11) is 1.63. The molecule has 0 saturated carbocycles. The monoisotopic (exact) mass is 493 g/mol. The fourth-order valence-corrected chi connectivity index (χ4v) is 6.12. The number of piperidine rings is 1. The zero-order valence-electron chi connectivity index (χ0n) is 20.2. The molecule has 5 rings (SSSR count). The van der Waals surface area contributed by atoms with Crippen LogP contribution < -0.4 is 0 Å². The molecular weight excluding hydrogens is 462 g/mol. The van der Waals surface area contributed by atoms with E-state index in [1.165, 1.54) is 11.1 Å². The largest absolute Gasteiger partial charge is 0.383 e. The molecule has 3 aliphatic rings. The third kappa shape index (κ3) is 4.63. The van der Waals surface area contributed by atoms with E-state index in [-0.39, 0.29) is 18.0 Å². The standard InChI is InChI=1S/C28H32ClN3O3/c1-35-16-15-31-27(34)32(25-18-22-9-5-6-10-23(22)19-25)26(33)28(31)11-13-30(14-12-28)20-24(29)17-21-7-3-2-4-8-21/h2-10,17,25H,11-16,18-20H2,1H3/b24-17-. The highest BCUT2D eigenvalue weighted by Crippen LogP contribution is 2.40. The Bertz CT molecular complexity index is 1090. The van der Waals surface area contributed by atoms with Crippen LogP contribution in [-0.4, -0.2) is 78.1 Å². The first-order valence-electron chi connectivity index (χ1n) is 12.4. The molecule has 2 fully saturated rings. The van der Waals surface area contributed by atoms with Crippen LogP contribution >= 0.6 is 11.6 Å². The molecule has 1 spiro atoms. The second kappa shape index (κ2) is 10.1. The minimum Gasteiger partial charge on any atom is -0.383 e. The van der Waals surface area contributed by atoms with Gasteiger partial charge < -0.3 is 9.64 Å². The lowest BCUT2D eigenvalue weighted by Crippen LogP contribution is -2.57. The van der Waals surface area contributed by atoms with Gasteiger partial charge in [0.1, 0.15) is 5.54 Å². The van der Waals surface area contributed by atoms with Crippen molar-refractivity contribution in [3.8, 4) is 0 Å². The second-order valence-corrected chi connectivity index (χ2v) is 10.2. The Hall–Kier alpha value is -2.67. The van der Waals surface area contributed by atoms with Crippen LogP contribution in [-0.2, 0) is 22.4 Å². The average molecular weight is 494 g/mol. The lowest BCUT2D eigenvalue weighted by molar-refractivity contribution is -0.137. The molecule has 7 heteroatoms. The maximum absolute atomic E-state index is 13.9. The number of hydrogen-bond acceptors (Lipinski definition) is 4. The van der Waals surface area contributed by atoms with Crippen LogP contribution in [0.15, 0.2) is 59.6 Å². The molecule has 3 amide bonds. The normalized spacial score (nSPS) is 20.8. The van der Waals surface area contributed by atoms with Crippen LogP contribution in [0.2, 0.25) is 0 Å². The number of benzene rings is 2. The number of amides is 3. The summed E-state index contributed by atoms with van der Waals surface area (Å²) in [5, 5.41) is 0.766. The first-order valence-corrected chi connectivity index (χ1v) is 12.7. The summed E-state index contributed by atoms with van der Waals surface area (Å²) < 4.78 is 5.30. The molecule has 184 valence electrons. The summed E-state index contributed by atoms with van der Waals surface area (Å²) in [5.41, 5.74) is 2.74. The molecule has 0 unspecified atom stereocenters. The van der Waals surface area contributed by atoms with Crippen molar-refractivity contribution in [1.29, 1.82) is 0 Å². The Morgan fingerprint density at radius 1 is 1.03 bits per heavy atom. The van der Waals surface area contributed by atoms with Gasteiger partial charge in [-0.1, -0.05) is 66.2 Å². The third-order valence-corrected chi connectivity index (χ3v) is 7.89. The lowest BCUT2D eigenvalue weighted by atomic mass is 9.85. The van der Waals surface area contributed by atoms with Gasteiger partial charge in [-0.2, -0.15) is 0 Å². The van der Waals surface area contributed by atoms with Crippen LogP contribution in [0.5, 0.6) is 0 Å². The number of imide groups is 1. The Morgan fingerprint density at radius 2 is 1.66 bits per heavy atom. The smallest absolute Gasteiger partial charge is 0.328 e. The Morgan fingerprint density at radius 3 is 2.29 bits per heavy atom. The van der Waals surface area contributed by atoms with E-state index >= 15 is 0 Å². The summed E-state index contributed by atoms with van der Waals surface area (Å²) in [4.78, 5) is 33.2. The van der Waals surface area contributed by atoms with Gasteiger partial charge in [0.25, 0.3) is 5.91 Å². The summed E-state index contributed by atoms with van der Waals surface area (Å²) in [5.74, 6) is -0.0398. The number of nitrogens with zero attached hydrogens (tertiary/aromatic N) is 3. The molecule has 0 bridgehead atoms. The van der Waals surface area contributed by atoms with Crippen molar-refractivity contribution in [3.05, 3.63) is 76.3 Å². The molecule has 1 aliphatic carbocycles. The minimum atomic E-state index is -0.795. The van der Waals surface area contributed by atoms with Crippen molar-refractivity contribution in [3.63, 3.8) is 0 Å². The molecular formula is C28H32ClN3O3. The van der Waals surface area contributed by atoms with Crippen molar-refractivity contribution in [1.82, 2.24) is 14.7 Å². The van der Waals surface area contributed by atoms with E-state index in [1.807, 2.05) is 48.5 Å². The van der Waals surface area contributed by atoms with Gasteiger partial charge in [-0.15, -0.1) is 0 Å². The van der Waals surface area contributed by atoms with Gasteiger partial charge in [-0.25, -0.2) is 4.79 Å². The van der Waals surface area contributed by atoms with E-state index in [0.717, 1.165) is 23.4 Å². The Balaban J connectivity index is 1.31. The number of likely N-dealkylation sites (tertiary alicyclic amines) is 1. The Kier molecular flexibility index (Phi) is 6.96. The van der Waals surface area contributed by atoms with Crippen LogP contribution in [0.3, 0.4) is 0 Å². The number of halogens is 1. The van der Waals surface area contributed by atoms with Gasteiger partial charge >= 0.3 is 6.03 Å². The van der Waals surface area contributed by atoms with Crippen LogP contribution in [0.1, 0.15) is 29.5 Å². The number of urea groups is 1. The Labute approximate surface area is 212 Å². The number of ether oxygens (including phenoxy) is 1. The SMILES string of the molecule is COCCN1C(=O)N(C2Cc3ccccc3C2)C(=O)C12CCN(C/C(Cl)=C/c1ccccc1)CC2. The van der Waals surface area contributed by atoms with Gasteiger partial charge in [0.15, 0.2) is 0 Å². The molecule has 0 aromatic heterocycles. The van der Waals surface area contributed by atoms with Gasteiger partial charge in [0.05, 0.1) is 6.61 Å². The number of methoxy groups -OCH3 is 1. The molecule has 2 heterocycles.